The quantitative estimate of drug-likeness (QED) is 0.741. The van der Waals surface area contributed by atoms with Crippen LogP contribution in [0.25, 0.3) is 0 Å². The normalized spacial score (nSPS) is 23.2. The summed E-state index contributed by atoms with van der Waals surface area (Å²) in [5.41, 5.74) is 0. The number of nitrogens with zero attached hydrogens (tertiary/aromatic N) is 1. The summed E-state index contributed by atoms with van der Waals surface area (Å²) in [6.07, 6.45) is 3.52. The van der Waals surface area contributed by atoms with Crippen molar-refractivity contribution in [1.29, 1.82) is 0 Å². The first-order valence-corrected chi connectivity index (χ1v) is 7.16. The van der Waals surface area contributed by atoms with Crippen LogP contribution in [0, 0.1) is 0 Å². The molecular formula is C14H26N2O3. The van der Waals surface area contributed by atoms with Gasteiger partial charge in [-0.3, -0.25) is 9.59 Å². The lowest BCUT2D eigenvalue weighted by atomic mass is 10.1. The average molecular weight is 270 g/mol. The van der Waals surface area contributed by atoms with Crippen LogP contribution in [0.5, 0.6) is 0 Å². The van der Waals surface area contributed by atoms with Gasteiger partial charge in [-0.2, -0.15) is 0 Å². The maximum Gasteiger partial charge on any atom is 0.222 e. The van der Waals surface area contributed by atoms with E-state index in [0.29, 0.717) is 26.1 Å². The molecule has 1 heterocycles. The Balaban J connectivity index is 2.14. The predicted molar refractivity (Wildman–Crippen MR) is 73.7 cm³/mol. The fraction of sp³-hybridized carbons (Fsp3) is 0.857. The minimum atomic E-state index is 0.00667. The van der Waals surface area contributed by atoms with E-state index in [1.165, 1.54) is 6.92 Å². The average Bonchev–Trinajstić information content (AvgIpc) is 2.36. The van der Waals surface area contributed by atoms with Gasteiger partial charge in [0, 0.05) is 26.4 Å². The van der Waals surface area contributed by atoms with Gasteiger partial charge in [0.05, 0.1) is 18.8 Å². The van der Waals surface area contributed by atoms with E-state index in [-0.39, 0.29) is 24.0 Å². The molecule has 110 valence electrons. The molecule has 1 rings (SSSR count). The fourth-order valence-corrected chi connectivity index (χ4v) is 2.24. The van der Waals surface area contributed by atoms with E-state index in [0.717, 1.165) is 19.3 Å². The number of carbonyl (C=O) groups excluding carboxylic acids is 2. The second-order valence-corrected chi connectivity index (χ2v) is 5.33. The molecule has 1 aliphatic rings. The lowest BCUT2D eigenvalue weighted by Crippen LogP contribution is -2.50. The van der Waals surface area contributed by atoms with E-state index in [1.807, 2.05) is 18.7 Å². The molecule has 1 fully saturated rings. The van der Waals surface area contributed by atoms with Crippen molar-refractivity contribution in [3.63, 3.8) is 0 Å². The van der Waals surface area contributed by atoms with E-state index in [2.05, 4.69) is 5.32 Å². The molecule has 0 aromatic heterocycles. The largest absolute Gasteiger partial charge is 0.375 e. The van der Waals surface area contributed by atoms with Crippen LogP contribution >= 0.6 is 0 Å². The number of unbranched alkanes of at least 4 members (excludes halogenated alkanes) is 2. The summed E-state index contributed by atoms with van der Waals surface area (Å²) >= 11 is 0. The number of amides is 2. The van der Waals surface area contributed by atoms with Gasteiger partial charge in [0.25, 0.3) is 0 Å². The topological polar surface area (TPSA) is 58.6 Å². The smallest absolute Gasteiger partial charge is 0.222 e. The molecular weight excluding hydrogens is 244 g/mol. The van der Waals surface area contributed by atoms with Crippen LogP contribution in [0.15, 0.2) is 0 Å². The van der Waals surface area contributed by atoms with Crippen molar-refractivity contribution < 1.29 is 14.3 Å². The Labute approximate surface area is 115 Å². The first-order chi connectivity index (χ1) is 9.00. The van der Waals surface area contributed by atoms with Crippen LogP contribution in [-0.4, -0.2) is 48.6 Å². The summed E-state index contributed by atoms with van der Waals surface area (Å²) in [6, 6.07) is 0.183. The first kappa shape index (κ1) is 16.0. The summed E-state index contributed by atoms with van der Waals surface area (Å²) in [5.74, 6) is 0.231. The molecule has 2 amide bonds. The second-order valence-electron chi connectivity index (χ2n) is 5.33. The van der Waals surface area contributed by atoms with Crippen molar-refractivity contribution in [2.75, 3.05) is 19.7 Å². The molecule has 1 aliphatic heterocycles. The Morgan fingerprint density at radius 3 is 2.68 bits per heavy atom. The van der Waals surface area contributed by atoms with Crippen LogP contribution in [0.4, 0.5) is 0 Å². The molecule has 0 spiro atoms. The van der Waals surface area contributed by atoms with Crippen molar-refractivity contribution in [2.24, 2.45) is 0 Å². The van der Waals surface area contributed by atoms with Gasteiger partial charge in [0.1, 0.15) is 0 Å². The minimum absolute atomic E-state index is 0.00667. The van der Waals surface area contributed by atoms with Crippen molar-refractivity contribution in [2.45, 2.75) is 58.6 Å². The standard InChI is InChI=1S/C14H26N2O3/c1-11-10-19-12(2)9-16(11)14(18)7-5-4-6-8-15-13(3)17/h11-12H,4-10H2,1-3H3,(H,15,17)/t11-,12+/m1/s1. The number of carbonyl (C=O) groups is 2. The van der Waals surface area contributed by atoms with Gasteiger partial charge in [-0.15, -0.1) is 0 Å². The van der Waals surface area contributed by atoms with E-state index in [1.54, 1.807) is 0 Å². The predicted octanol–water partition coefficient (Wildman–Crippen LogP) is 1.32. The Morgan fingerprint density at radius 2 is 2.00 bits per heavy atom. The summed E-state index contributed by atoms with van der Waals surface area (Å²) in [5, 5.41) is 2.76. The lowest BCUT2D eigenvalue weighted by molar-refractivity contribution is -0.143. The molecule has 2 atom stereocenters. The highest BCUT2D eigenvalue weighted by Crippen LogP contribution is 2.14. The molecule has 0 aromatic rings. The highest BCUT2D eigenvalue weighted by molar-refractivity contribution is 5.76. The zero-order valence-electron chi connectivity index (χ0n) is 12.3. The van der Waals surface area contributed by atoms with Crippen molar-refractivity contribution in [3.8, 4) is 0 Å². The van der Waals surface area contributed by atoms with Crippen LogP contribution in [0.3, 0.4) is 0 Å². The van der Waals surface area contributed by atoms with Crippen molar-refractivity contribution in [1.82, 2.24) is 10.2 Å². The number of morpholine rings is 1. The third-order valence-electron chi connectivity index (χ3n) is 3.37. The number of ether oxygens (including phenoxy) is 1. The summed E-state index contributed by atoms with van der Waals surface area (Å²) < 4.78 is 5.52. The van der Waals surface area contributed by atoms with Crippen LogP contribution < -0.4 is 5.32 Å². The molecule has 5 heteroatoms. The minimum Gasteiger partial charge on any atom is -0.375 e. The van der Waals surface area contributed by atoms with Gasteiger partial charge in [0.2, 0.25) is 11.8 Å². The zero-order valence-corrected chi connectivity index (χ0v) is 12.3. The van der Waals surface area contributed by atoms with Crippen LogP contribution in [0.2, 0.25) is 0 Å². The van der Waals surface area contributed by atoms with Crippen LogP contribution in [0.1, 0.15) is 46.5 Å². The summed E-state index contributed by atoms with van der Waals surface area (Å²) in [6.45, 7) is 7.58. The van der Waals surface area contributed by atoms with Crippen LogP contribution in [-0.2, 0) is 14.3 Å². The summed E-state index contributed by atoms with van der Waals surface area (Å²) in [7, 11) is 0. The van der Waals surface area contributed by atoms with Gasteiger partial charge in [-0.1, -0.05) is 6.42 Å². The van der Waals surface area contributed by atoms with E-state index < -0.39 is 0 Å². The van der Waals surface area contributed by atoms with E-state index in [4.69, 9.17) is 4.74 Å². The Hall–Kier alpha value is -1.10. The van der Waals surface area contributed by atoms with E-state index >= 15 is 0 Å². The second kappa shape index (κ2) is 8.15. The molecule has 19 heavy (non-hydrogen) atoms. The number of hydrogen-bond acceptors (Lipinski definition) is 3. The molecule has 5 nitrogen and oxygen atoms in total. The van der Waals surface area contributed by atoms with E-state index in [9.17, 15) is 9.59 Å². The maximum absolute atomic E-state index is 12.1. The monoisotopic (exact) mass is 270 g/mol. The SMILES string of the molecule is CC(=O)NCCCCCC(=O)N1C[C@H](C)OC[C@H]1C. The molecule has 1 saturated heterocycles. The molecule has 1 N–H and O–H groups in total. The lowest BCUT2D eigenvalue weighted by Gasteiger charge is -2.36. The molecule has 0 unspecified atom stereocenters. The Morgan fingerprint density at radius 1 is 1.26 bits per heavy atom. The highest BCUT2D eigenvalue weighted by Gasteiger charge is 2.26. The van der Waals surface area contributed by atoms with Gasteiger partial charge in [-0.05, 0) is 26.7 Å². The van der Waals surface area contributed by atoms with Crippen molar-refractivity contribution >= 4 is 11.8 Å². The zero-order chi connectivity index (χ0) is 14.3. The molecule has 0 aromatic carbocycles. The van der Waals surface area contributed by atoms with Crippen molar-refractivity contribution in [3.05, 3.63) is 0 Å². The van der Waals surface area contributed by atoms with Gasteiger partial charge in [0.15, 0.2) is 0 Å². The molecule has 0 bridgehead atoms. The Kier molecular flexibility index (Phi) is 6.84. The Bertz CT molecular complexity index is 307. The fourth-order valence-electron chi connectivity index (χ4n) is 2.24. The first-order valence-electron chi connectivity index (χ1n) is 7.16. The number of hydrogen-bond donors (Lipinski definition) is 1. The van der Waals surface area contributed by atoms with Gasteiger partial charge >= 0.3 is 0 Å². The number of rotatable bonds is 6. The summed E-state index contributed by atoms with van der Waals surface area (Å²) in [4.78, 5) is 24.7. The molecule has 0 saturated carbocycles. The molecule has 0 aliphatic carbocycles. The maximum atomic E-state index is 12.1. The third kappa shape index (κ3) is 6.05. The molecule has 0 radical (unpaired) electrons. The highest BCUT2D eigenvalue weighted by atomic mass is 16.5. The van der Waals surface area contributed by atoms with Gasteiger partial charge < -0.3 is 15.0 Å². The van der Waals surface area contributed by atoms with Gasteiger partial charge in [-0.25, -0.2) is 0 Å². The third-order valence-corrected chi connectivity index (χ3v) is 3.37. The number of nitrogens with one attached hydrogen (secondary N) is 1.